The Hall–Kier alpha value is -1.99. The highest BCUT2D eigenvalue weighted by Crippen LogP contribution is 2.21. The molecule has 120 valence electrons. The number of ether oxygens (including phenoxy) is 1. The summed E-state index contributed by atoms with van der Waals surface area (Å²) in [5, 5.41) is 10.8. The zero-order valence-corrected chi connectivity index (χ0v) is 12.6. The second-order valence-electron chi connectivity index (χ2n) is 5.46. The van der Waals surface area contributed by atoms with Crippen molar-refractivity contribution in [3.8, 4) is 0 Å². The van der Waals surface area contributed by atoms with Crippen molar-refractivity contribution in [2.45, 2.75) is 31.4 Å². The third-order valence-electron chi connectivity index (χ3n) is 4.07. The number of nitro groups is 1. The number of hydrogen-bond donors (Lipinski definition) is 1. The molecule has 1 fully saturated rings. The van der Waals surface area contributed by atoms with Gasteiger partial charge in [0, 0.05) is 38.4 Å². The van der Waals surface area contributed by atoms with E-state index in [4.69, 9.17) is 10.5 Å². The molecule has 0 saturated carbocycles. The van der Waals surface area contributed by atoms with Crippen LogP contribution in [-0.2, 0) is 16.0 Å². The molecule has 0 unspecified atom stereocenters. The van der Waals surface area contributed by atoms with Gasteiger partial charge in [0.15, 0.2) is 0 Å². The summed E-state index contributed by atoms with van der Waals surface area (Å²) >= 11 is 0. The Morgan fingerprint density at radius 1 is 1.55 bits per heavy atom. The molecule has 1 heterocycles. The number of nitrogens with zero attached hydrogens (tertiary/aromatic N) is 2. The maximum atomic E-state index is 12.5. The van der Waals surface area contributed by atoms with Crippen molar-refractivity contribution >= 4 is 11.6 Å². The van der Waals surface area contributed by atoms with Gasteiger partial charge in [-0.15, -0.1) is 0 Å². The lowest BCUT2D eigenvalue weighted by molar-refractivity contribution is -0.384. The molecule has 1 aromatic rings. The van der Waals surface area contributed by atoms with E-state index in [0.717, 1.165) is 12.8 Å². The van der Waals surface area contributed by atoms with E-state index in [1.54, 1.807) is 24.1 Å². The van der Waals surface area contributed by atoms with Crippen LogP contribution in [0.4, 0.5) is 5.69 Å². The SMILES string of the molecule is CO[C@H]1CCN(C(=O)Cc2cccc([N+](=O)[O-])c2)[C@@H](CN)C1. The Morgan fingerprint density at radius 3 is 2.95 bits per heavy atom. The van der Waals surface area contributed by atoms with Gasteiger partial charge in [0.2, 0.25) is 5.91 Å². The zero-order valence-electron chi connectivity index (χ0n) is 12.6. The van der Waals surface area contributed by atoms with E-state index in [0.29, 0.717) is 18.7 Å². The molecule has 0 radical (unpaired) electrons. The fourth-order valence-corrected chi connectivity index (χ4v) is 2.84. The third-order valence-corrected chi connectivity index (χ3v) is 4.07. The maximum Gasteiger partial charge on any atom is 0.269 e. The summed E-state index contributed by atoms with van der Waals surface area (Å²) in [6.45, 7) is 0.995. The van der Waals surface area contributed by atoms with Gasteiger partial charge in [0.1, 0.15) is 0 Å². The van der Waals surface area contributed by atoms with Gasteiger partial charge >= 0.3 is 0 Å². The molecular weight excluding hydrogens is 286 g/mol. The largest absolute Gasteiger partial charge is 0.381 e. The minimum atomic E-state index is -0.458. The number of likely N-dealkylation sites (tertiary alicyclic amines) is 1. The quantitative estimate of drug-likeness (QED) is 0.649. The Labute approximate surface area is 129 Å². The van der Waals surface area contributed by atoms with Crippen molar-refractivity contribution in [3.63, 3.8) is 0 Å². The first kappa shape index (κ1) is 16.4. The van der Waals surface area contributed by atoms with E-state index in [9.17, 15) is 14.9 Å². The molecule has 2 N–H and O–H groups in total. The first-order valence-electron chi connectivity index (χ1n) is 7.30. The molecule has 2 rings (SSSR count). The average molecular weight is 307 g/mol. The Kier molecular flexibility index (Phi) is 5.46. The summed E-state index contributed by atoms with van der Waals surface area (Å²) in [6, 6.07) is 6.14. The van der Waals surface area contributed by atoms with E-state index < -0.39 is 4.92 Å². The second kappa shape index (κ2) is 7.33. The molecule has 1 aromatic carbocycles. The number of piperidine rings is 1. The highest BCUT2D eigenvalue weighted by molar-refractivity contribution is 5.79. The second-order valence-corrected chi connectivity index (χ2v) is 5.46. The van der Waals surface area contributed by atoms with E-state index in [2.05, 4.69) is 0 Å². The van der Waals surface area contributed by atoms with Gasteiger partial charge in [0.05, 0.1) is 17.4 Å². The van der Waals surface area contributed by atoms with Crippen molar-refractivity contribution in [1.29, 1.82) is 0 Å². The number of carbonyl (C=O) groups is 1. The first-order valence-corrected chi connectivity index (χ1v) is 7.30. The van der Waals surface area contributed by atoms with Gasteiger partial charge < -0.3 is 15.4 Å². The van der Waals surface area contributed by atoms with Crippen LogP contribution < -0.4 is 5.73 Å². The van der Waals surface area contributed by atoms with Crippen LogP contribution in [0.25, 0.3) is 0 Å². The molecule has 2 atom stereocenters. The summed E-state index contributed by atoms with van der Waals surface area (Å²) < 4.78 is 5.34. The van der Waals surface area contributed by atoms with E-state index in [-0.39, 0.29) is 30.2 Å². The van der Waals surface area contributed by atoms with E-state index in [1.165, 1.54) is 12.1 Å². The lowest BCUT2D eigenvalue weighted by atomic mass is 9.98. The standard InChI is InChI=1S/C15H21N3O4/c1-22-14-5-6-17(13(9-14)10-16)15(19)8-11-3-2-4-12(7-11)18(20)21/h2-4,7,13-14H,5-6,8-10,16H2,1H3/t13-,14+/m1/s1. The maximum absolute atomic E-state index is 12.5. The molecule has 0 spiro atoms. The summed E-state index contributed by atoms with van der Waals surface area (Å²) in [4.78, 5) is 24.6. The van der Waals surface area contributed by atoms with E-state index >= 15 is 0 Å². The molecule has 1 amide bonds. The number of nitro benzene ring substituents is 1. The van der Waals surface area contributed by atoms with Crippen LogP contribution >= 0.6 is 0 Å². The lowest BCUT2D eigenvalue weighted by Gasteiger charge is -2.38. The minimum Gasteiger partial charge on any atom is -0.381 e. The number of nitrogens with two attached hydrogens (primary N) is 1. The van der Waals surface area contributed by atoms with Crippen LogP contribution in [-0.4, -0.2) is 48.1 Å². The van der Waals surface area contributed by atoms with Gasteiger partial charge in [-0.3, -0.25) is 14.9 Å². The predicted octanol–water partition coefficient (Wildman–Crippen LogP) is 1.10. The monoisotopic (exact) mass is 307 g/mol. The fraction of sp³-hybridized carbons (Fsp3) is 0.533. The fourth-order valence-electron chi connectivity index (χ4n) is 2.84. The molecule has 7 nitrogen and oxygen atoms in total. The predicted molar refractivity (Wildman–Crippen MR) is 81.4 cm³/mol. The lowest BCUT2D eigenvalue weighted by Crippen LogP contribution is -2.51. The number of methoxy groups -OCH3 is 1. The highest BCUT2D eigenvalue weighted by Gasteiger charge is 2.30. The topological polar surface area (TPSA) is 98.7 Å². The van der Waals surface area contributed by atoms with Crippen molar-refractivity contribution in [2.75, 3.05) is 20.2 Å². The van der Waals surface area contributed by atoms with Gasteiger partial charge in [-0.25, -0.2) is 0 Å². The van der Waals surface area contributed by atoms with Gasteiger partial charge in [-0.1, -0.05) is 12.1 Å². The average Bonchev–Trinajstić information content (AvgIpc) is 2.54. The molecule has 1 saturated heterocycles. The molecule has 22 heavy (non-hydrogen) atoms. The molecule has 0 aliphatic carbocycles. The van der Waals surface area contributed by atoms with Gasteiger partial charge in [-0.2, -0.15) is 0 Å². The summed E-state index contributed by atoms with van der Waals surface area (Å²) in [5.41, 5.74) is 6.41. The van der Waals surface area contributed by atoms with Crippen molar-refractivity contribution in [3.05, 3.63) is 39.9 Å². The molecular formula is C15H21N3O4. The van der Waals surface area contributed by atoms with Crippen LogP contribution in [0.15, 0.2) is 24.3 Å². The number of non-ortho nitro benzene ring substituents is 1. The number of amides is 1. The van der Waals surface area contributed by atoms with Crippen molar-refractivity contribution in [1.82, 2.24) is 4.90 Å². The van der Waals surface area contributed by atoms with Gasteiger partial charge in [-0.05, 0) is 18.4 Å². The molecule has 7 heteroatoms. The summed E-state index contributed by atoms with van der Waals surface area (Å²) in [7, 11) is 1.67. The molecule has 1 aliphatic heterocycles. The number of hydrogen-bond acceptors (Lipinski definition) is 5. The molecule has 0 aromatic heterocycles. The first-order chi connectivity index (χ1) is 10.5. The number of rotatable bonds is 5. The number of carbonyl (C=O) groups excluding carboxylic acids is 1. The summed E-state index contributed by atoms with van der Waals surface area (Å²) in [6.07, 6.45) is 1.80. The van der Waals surface area contributed by atoms with Crippen LogP contribution in [0.5, 0.6) is 0 Å². The minimum absolute atomic E-state index is 0.00114. The Balaban J connectivity index is 2.05. The number of benzene rings is 1. The van der Waals surface area contributed by atoms with Crippen LogP contribution in [0.2, 0.25) is 0 Å². The van der Waals surface area contributed by atoms with Crippen LogP contribution in [0.3, 0.4) is 0 Å². The highest BCUT2D eigenvalue weighted by atomic mass is 16.6. The van der Waals surface area contributed by atoms with Crippen LogP contribution in [0.1, 0.15) is 18.4 Å². The normalized spacial score (nSPS) is 21.6. The van der Waals surface area contributed by atoms with E-state index in [1.807, 2.05) is 0 Å². The molecule has 1 aliphatic rings. The third kappa shape index (κ3) is 3.80. The van der Waals surface area contributed by atoms with Gasteiger partial charge in [0.25, 0.3) is 5.69 Å². The van der Waals surface area contributed by atoms with Crippen molar-refractivity contribution < 1.29 is 14.5 Å². The zero-order chi connectivity index (χ0) is 16.1. The van der Waals surface area contributed by atoms with Crippen molar-refractivity contribution in [2.24, 2.45) is 5.73 Å². The van der Waals surface area contributed by atoms with Crippen LogP contribution in [0, 0.1) is 10.1 Å². The summed E-state index contributed by atoms with van der Waals surface area (Å²) in [5.74, 6) is -0.0505. The smallest absolute Gasteiger partial charge is 0.269 e. The Morgan fingerprint density at radius 2 is 2.32 bits per heavy atom. The Bertz CT molecular complexity index is 549. The molecule has 0 bridgehead atoms.